The number of halogens is 3. The van der Waals surface area contributed by atoms with E-state index in [1.165, 1.54) is 6.07 Å². The van der Waals surface area contributed by atoms with E-state index in [9.17, 15) is 14.0 Å². The van der Waals surface area contributed by atoms with E-state index >= 15 is 0 Å². The lowest BCUT2D eigenvalue weighted by molar-refractivity contribution is 0.509. The predicted octanol–water partition coefficient (Wildman–Crippen LogP) is 4.80. The van der Waals surface area contributed by atoms with Gasteiger partial charge in [-0.05, 0) is 29.8 Å². The summed E-state index contributed by atoms with van der Waals surface area (Å²) < 4.78 is 26.7. The number of benzene rings is 2. The van der Waals surface area contributed by atoms with Gasteiger partial charge in [-0.3, -0.25) is 0 Å². The molecule has 0 fully saturated rings. The lowest BCUT2D eigenvalue weighted by Crippen LogP contribution is -2.00. The van der Waals surface area contributed by atoms with E-state index in [1.807, 2.05) is 6.07 Å². The Balaban J connectivity index is 2.27. The number of pyridine rings is 1. The summed E-state index contributed by atoms with van der Waals surface area (Å²) in [6, 6.07) is 13.9. The van der Waals surface area contributed by atoms with Gasteiger partial charge in [0.1, 0.15) is 17.5 Å². The third-order valence-electron chi connectivity index (χ3n) is 3.54. The molecule has 0 bridgehead atoms. The van der Waals surface area contributed by atoms with Crippen LogP contribution >= 0.6 is 11.6 Å². The first-order chi connectivity index (χ1) is 11.5. The molecule has 3 aromatic rings. The van der Waals surface area contributed by atoms with Crippen molar-refractivity contribution in [1.29, 1.82) is 5.26 Å². The van der Waals surface area contributed by atoms with Crippen LogP contribution in [0.15, 0.2) is 48.5 Å². The van der Waals surface area contributed by atoms with Gasteiger partial charge in [-0.1, -0.05) is 35.9 Å². The SMILES string of the molecule is N#Cc1c(-c2ccc(F)c(F)c2)cc(-c2ccccc2Cl)nc1N. The molecule has 24 heavy (non-hydrogen) atoms. The smallest absolute Gasteiger partial charge is 0.159 e. The molecule has 0 saturated carbocycles. The van der Waals surface area contributed by atoms with Crippen molar-refractivity contribution in [3.63, 3.8) is 0 Å². The molecule has 6 heteroatoms. The molecule has 0 unspecified atom stereocenters. The van der Waals surface area contributed by atoms with Crippen LogP contribution in [0.4, 0.5) is 14.6 Å². The van der Waals surface area contributed by atoms with Gasteiger partial charge in [0.2, 0.25) is 0 Å². The summed E-state index contributed by atoms with van der Waals surface area (Å²) in [7, 11) is 0. The maximum absolute atomic E-state index is 13.6. The van der Waals surface area contributed by atoms with Crippen molar-refractivity contribution < 1.29 is 8.78 Å². The first-order valence-corrected chi connectivity index (χ1v) is 7.30. The van der Waals surface area contributed by atoms with E-state index in [0.29, 0.717) is 27.4 Å². The molecule has 0 spiro atoms. The number of anilines is 1. The van der Waals surface area contributed by atoms with Gasteiger partial charge < -0.3 is 5.73 Å². The number of nitriles is 1. The Hall–Kier alpha value is -2.97. The predicted molar refractivity (Wildman–Crippen MR) is 89.2 cm³/mol. The highest BCUT2D eigenvalue weighted by Crippen LogP contribution is 2.34. The number of hydrogen-bond acceptors (Lipinski definition) is 3. The van der Waals surface area contributed by atoms with E-state index in [0.717, 1.165) is 12.1 Å². The Morgan fingerprint density at radius 3 is 2.42 bits per heavy atom. The zero-order chi connectivity index (χ0) is 17.3. The molecule has 0 aliphatic carbocycles. The molecular formula is C18H10ClF2N3. The van der Waals surface area contributed by atoms with Crippen LogP contribution in [0.2, 0.25) is 5.02 Å². The monoisotopic (exact) mass is 341 g/mol. The molecule has 0 atom stereocenters. The fourth-order valence-corrected chi connectivity index (χ4v) is 2.61. The molecule has 3 rings (SSSR count). The van der Waals surface area contributed by atoms with Gasteiger partial charge in [0.05, 0.1) is 5.69 Å². The van der Waals surface area contributed by atoms with E-state index in [1.54, 1.807) is 30.3 Å². The third-order valence-corrected chi connectivity index (χ3v) is 3.87. The van der Waals surface area contributed by atoms with Crippen molar-refractivity contribution in [1.82, 2.24) is 4.98 Å². The fraction of sp³-hybridized carbons (Fsp3) is 0. The van der Waals surface area contributed by atoms with Gasteiger partial charge in [-0.15, -0.1) is 0 Å². The molecule has 2 N–H and O–H groups in total. The van der Waals surface area contributed by atoms with Crippen molar-refractivity contribution in [2.75, 3.05) is 5.73 Å². The van der Waals surface area contributed by atoms with Crippen LogP contribution in [-0.4, -0.2) is 4.98 Å². The normalized spacial score (nSPS) is 10.4. The quantitative estimate of drug-likeness (QED) is 0.728. The van der Waals surface area contributed by atoms with Gasteiger partial charge in [-0.25, -0.2) is 13.8 Å². The lowest BCUT2D eigenvalue weighted by Gasteiger charge is -2.11. The summed E-state index contributed by atoms with van der Waals surface area (Å²) in [5, 5.41) is 9.80. The molecule has 1 heterocycles. The number of nitrogens with zero attached hydrogens (tertiary/aromatic N) is 2. The second kappa shape index (κ2) is 6.26. The highest BCUT2D eigenvalue weighted by molar-refractivity contribution is 6.33. The third kappa shape index (κ3) is 2.80. The molecule has 0 amide bonds. The minimum atomic E-state index is -1.01. The van der Waals surface area contributed by atoms with Crippen molar-refractivity contribution >= 4 is 17.4 Å². The minimum Gasteiger partial charge on any atom is -0.383 e. The Bertz CT molecular complexity index is 980. The Labute approximate surface area is 141 Å². The average molecular weight is 342 g/mol. The van der Waals surface area contributed by atoms with Crippen LogP contribution in [-0.2, 0) is 0 Å². The molecule has 2 aromatic carbocycles. The number of hydrogen-bond donors (Lipinski definition) is 1. The molecular weight excluding hydrogens is 332 g/mol. The van der Waals surface area contributed by atoms with Crippen molar-refractivity contribution in [2.24, 2.45) is 0 Å². The highest BCUT2D eigenvalue weighted by atomic mass is 35.5. The summed E-state index contributed by atoms with van der Waals surface area (Å²) in [6.45, 7) is 0. The second-order valence-electron chi connectivity index (χ2n) is 5.04. The van der Waals surface area contributed by atoms with E-state index in [4.69, 9.17) is 17.3 Å². The fourth-order valence-electron chi connectivity index (χ4n) is 2.38. The van der Waals surface area contributed by atoms with Gasteiger partial charge in [-0.2, -0.15) is 5.26 Å². The van der Waals surface area contributed by atoms with E-state index in [2.05, 4.69) is 4.98 Å². The summed E-state index contributed by atoms with van der Waals surface area (Å²) in [5.41, 5.74) is 7.73. The Kier molecular flexibility index (Phi) is 4.15. The van der Waals surface area contributed by atoms with Crippen LogP contribution < -0.4 is 5.73 Å². The number of rotatable bonds is 2. The van der Waals surface area contributed by atoms with E-state index < -0.39 is 11.6 Å². The zero-order valence-corrected chi connectivity index (χ0v) is 13.0. The van der Waals surface area contributed by atoms with Gasteiger partial charge in [0.15, 0.2) is 11.6 Å². The van der Waals surface area contributed by atoms with Gasteiger partial charge >= 0.3 is 0 Å². The van der Waals surface area contributed by atoms with Crippen molar-refractivity contribution in [3.05, 3.63) is 70.8 Å². The molecule has 118 valence electrons. The maximum Gasteiger partial charge on any atom is 0.159 e. The first-order valence-electron chi connectivity index (χ1n) is 6.92. The number of nitrogens with two attached hydrogens (primary N) is 1. The lowest BCUT2D eigenvalue weighted by atomic mass is 9.98. The zero-order valence-electron chi connectivity index (χ0n) is 12.2. The standard InChI is InChI=1S/C18H10ClF2N3/c19-14-4-2-1-3-11(14)17-8-12(13(9-22)18(23)24-17)10-5-6-15(20)16(21)7-10/h1-8H,(H2,23,24). The first kappa shape index (κ1) is 15.9. The second-order valence-corrected chi connectivity index (χ2v) is 5.44. The summed E-state index contributed by atoms with van der Waals surface area (Å²) >= 11 is 6.17. The molecule has 1 aromatic heterocycles. The molecule has 0 saturated heterocycles. The largest absolute Gasteiger partial charge is 0.383 e. The molecule has 3 nitrogen and oxygen atoms in total. The van der Waals surface area contributed by atoms with Crippen LogP contribution in [0.1, 0.15) is 5.56 Å². The Morgan fingerprint density at radius 2 is 1.75 bits per heavy atom. The topological polar surface area (TPSA) is 62.7 Å². The summed E-state index contributed by atoms with van der Waals surface area (Å²) in [4.78, 5) is 4.20. The van der Waals surface area contributed by atoms with Crippen LogP contribution in [0, 0.1) is 23.0 Å². The summed E-state index contributed by atoms with van der Waals surface area (Å²) in [6.07, 6.45) is 0. The highest BCUT2D eigenvalue weighted by Gasteiger charge is 2.16. The maximum atomic E-state index is 13.6. The Morgan fingerprint density at radius 1 is 1.00 bits per heavy atom. The van der Waals surface area contributed by atoms with Crippen LogP contribution in [0.3, 0.4) is 0 Å². The molecule has 0 radical (unpaired) electrons. The van der Waals surface area contributed by atoms with Crippen LogP contribution in [0.25, 0.3) is 22.4 Å². The van der Waals surface area contributed by atoms with Crippen LogP contribution in [0.5, 0.6) is 0 Å². The van der Waals surface area contributed by atoms with E-state index in [-0.39, 0.29) is 11.4 Å². The van der Waals surface area contributed by atoms with Gasteiger partial charge in [0, 0.05) is 16.1 Å². The minimum absolute atomic E-state index is 0.00495. The average Bonchev–Trinajstić information content (AvgIpc) is 2.57. The van der Waals surface area contributed by atoms with Crippen molar-refractivity contribution in [2.45, 2.75) is 0 Å². The molecule has 0 aliphatic rings. The summed E-state index contributed by atoms with van der Waals surface area (Å²) in [5.74, 6) is -1.98. The number of aromatic nitrogens is 1. The number of nitrogen functional groups attached to an aromatic ring is 1. The molecule has 0 aliphatic heterocycles. The van der Waals surface area contributed by atoms with Crippen molar-refractivity contribution in [3.8, 4) is 28.5 Å². The van der Waals surface area contributed by atoms with Gasteiger partial charge in [0.25, 0.3) is 0 Å².